The van der Waals surface area contributed by atoms with E-state index in [1.807, 2.05) is 13.8 Å². The number of aromatic nitrogens is 2. The highest BCUT2D eigenvalue weighted by Gasteiger charge is 2.25. The van der Waals surface area contributed by atoms with E-state index in [4.69, 9.17) is 11.6 Å². The smallest absolute Gasteiger partial charge is 0.137 e. The summed E-state index contributed by atoms with van der Waals surface area (Å²) < 4.78 is 0. The van der Waals surface area contributed by atoms with E-state index in [2.05, 4.69) is 36.1 Å². The second kappa shape index (κ2) is 5.67. The first-order chi connectivity index (χ1) is 7.98. The maximum atomic E-state index is 6.09. The molecule has 0 saturated carbocycles. The Morgan fingerprint density at radius 3 is 2.06 bits per heavy atom. The molecule has 3 nitrogen and oxygen atoms in total. The second-order valence-electron chi connectivity index (χ2n) is 4.50. The van der Waals surface area contributed by atoms with Crippen molar-refractivity contribution in [1.82, 2.24) is 9.97 Å². The predicted molar refractivity (Wildman–Crippen MR) is 73.7 cm³/mol. The maximum absolute atomic E-state index is 6.09. The van der Waals surface area contributed by atoms with Crippen LogP contribution >= 0.6 is 11.6 Å². The molecule has 1 aromatic rings. The number of hydrogen-bond acceptors (Lipinski definition) is 3. The summed E-state index contributed by atoms with van der Waals surface area (Å²) in [4.78, 5) is 8.61. The van der Waals surface area contributed by atoms with Crippen LogP contribution in [0.4, 0.5) is 5.82 Å². The minimum Gasteiger partial charge on any atom is -0.364 e. The minimum atomic E-state index is 0.106. The summed E-state index contributed by atoms with van der Waals surface area (Å²) >= 11 is 6.09. The normalized spacial score (nSPS) is 11.6. The summed E-state index contributed by atoms with van der Waals surface area (Å²) in [6.07, 6.45) is 3.21. The van der Waals surface area contributed by atoms with Crippen molar-refractivity contribution in [3.05, 3.63) is 16.5 Å². The van der Waals surface area contributed by atoms with E-state index in [1.54, 1.807) is 0 Å². The van der Waals surface area contributed by atoms with Gasteiger partial charge in [-0.3, -0.25) is 0 Å². The van der Waals surface area contributed by atoms with Gasteiger partial charge in [0.2, 0.25) is 0 Å². The SMILES string of the molecule is CCC(CC)(CC)Nc1nc(C)nc(Cl)c1C. The Morgan fingerprint density at radius 1 is 1.06 bits per heavy atom. The number of hydrogen-bond donors (Lipinski definition) is 1. The van der Waals surface area contributed by atoms with Gasteiger partial charge in [-0.2, -0.15) is 0 Å². The molecule has 0 spiro atoms. The molecule has 0 bridgehead atoms. The summed E-state index contributed by atoms with van der Waals surface area (Å²) in [5, 5.41) is 4.10. The third-order valence-electron chi connectivity index (χ3n) is 3.61. The van der Waals surface area contributed by atoms with E-state index in [0.717, 1.165) is 30.6 Å². The van der Waals surface area contributed by atoms with Crippen molar-refractivity contribution < 1.29 is 0 Å². The standard InChI is InChI=1S/C13H22ClN3/c1-6-13(7-2,8-3)17-12-9(4)11(14)15-10(5)16-12/h6-8H2,1-5H3,(H,15,16,17). The molecule has 1 aromatic heterocycles. The Kier molecular flexibility index (Phi) is 4.75. The number of nitrogens with one attached hydrogen (secondary N) is 1. The molecule has 0 unspecified atom stereocenters. The monoisotopic (exact) mass is 255 g/mol. The van der Waals surface area contributed by atoms with Gasteiger partial charge in [-0.1, -0.05) is 32.4 Å². The number of halogens is 1. The molecule has 0 aromatic carbocycles. The summed E-state index contributed by atoms with van der Waals surface area (Å²) in [7, 11) is 0. The third-order valence-corrected chi connectivity index (χ3v) is 3.98. The van der Waals surface area contributed by atoms with Crippen LogP contribution in [0.25, 0.3) is 0 Å². The number of rotatable bonds is 5. The van der Waals surface area contributed by atoms with Crippen molar-refractivity contribution in [2.45, 2.75) is 59.4 Å². The second-order valence-corrected chi connectivity index (χ2v) is 4.86. The molecule has 0 aliphatic carbocycles. The fourth-order valence-electron chi connectivity index (χ4n) is 1.98. The van der Waals surface area contributed by atoms with Gasteiger partial charge in [-0.15, -0.1) is 0 Å². The largest absolute Gasteiger partial charge is 0.364 e. The fraction of sp³-hybridized carbons (Fsp3) is 0.692. The minimum absolute atomic E-state index is 0.106. The highest BCUT2D eigenvalue weighted by Crippen LogP contribution is 2.28. The van der Waals surface area contributed by atoms with Crippen LogP contribution in [0.2, 0.25) is 5.15 Å². The van der Waals surface area contributed by atoms with Gasteiger partial charge in [0, 0.05) is 11.1 Å². The third kappa shape index (κ3) is 3.09. The van der Waals surface area contributed by atoms with Gasteiger partial charge in [0.1, 0.15) is 16.8 Å². The van der Waals surface area contributed by atoms with E-state index >= 15 is 0 Å². The molecule has 0 atom stereocenters. The summed E-state index contributed by atoms with van der Waals surface area (Å²) in [5.41, 5.74) is 1.03. The zero-order valence-electron chi connectivity index (χ0n) is 11.4. The molecule has 0 amide bonds. The van der Waals surface area contributed by atoms with Crippen LogP contribution in [0.15, 0.2) is 0 Å². The van der Waals surface area contributed by atoms with Crippen molar-refractivity contribution in [2.24, 2.45) is 0 Å². The van der Waals surface area contributed by atoms with Crippen LogP contribution in [0.3, 0.4) is 0 Å². The van der Waals surface area contributed by atoms with Gasteiger partial charge in [-0.05, 0) is 33.1 Å². The Morgan fingerprint density at radius 2 is 1.59 bits per heavy atom. The Balaban J connectivity index is 3.09. The Bertz CT molecular complexity index is 378. The lowest BCUT2D eigenvalue weighted by molar-refractivity contribution is 0.418. The lowest BCUT2D eigenvalue weighted by atomic mass is 9.89. The molecule has 4 heteroatoms. The predicted octanol–water partition coefficient (Wildman–Crippen LogP) is 4.13. The van der Waals surface area contributed by atoms with Gasteiger partial charge in [0.15, 0.2) is 0 Å². The molecule has 0 fully saturated rings. The highest BCUT2D eigenvalue weighted by atomic mass is 35.5. The van der Waals surface area contributed by atoms with Gasteiger partial charge < -0.3 is 5.32 Å². The molecule has 96 valence electrons. The highest BCUT2D eigenvalue weighted by molar-refractivity contribution is 6.30. The lowest BCUT2D eigenvalue weighted by Crippen LogP contribution is -2.36. The Labute approximate surface area is 109 Å². The topological polar surface area (TPSA) is 37.8 Å². The molecule has 1 N–H and O–H groups in total. The molecule has 0 saturated heterocycles. The van der Waals surface area contributed by atoms with Gasteiger partial charge in [0.25, 0.3) is 0 Å². The van der Waals surface area contributed by atoms with Crippen LogP contribution in [0.1, 0.15) is 51.4 Å². The summed E-state index contributed by atoms with van der Waals surface area (Å²) in [6.45, 7) is 10.4. The van der Waals surface area contributed by atoms with Crippen molar-refractivity contribution in [3.63, 3.8) is 0 Å². The molecule has 17 heavy (non-hydrogen) atoms. The van der Waals surface area contributed by atoms with E-state index in [1.165, 1.54) is 0 Å². The van der Waals surface area contributed by atoms with Gasteiger partial charge >= 0.3 is 0 Å². The van der Waals surface area contributed by atoms with Crippen LogP contribution in [0.5, 0.6) is 0 Å². The zero-order valence-corrected chi connectivity index (χ0v) is 12.1. The number of anilines is 1. The van der Waals surface area contributed by atoms with E-state index in [0.29, 0.717) is 11.0 Å². The molecule has 1 rings (SSSR count). The van der Waals surface area contributed by atoms with Crippen LogP contribution in [-0.4, -0.2) is 15.5 Å². The first-order valence-corrected chi connectivity index (χ1v) is 6.64. The number of nitrogens with zero attached hydrogens (tertiary/aromatic N) is 2. The molecular formula is C13H22ClN3. The molecular weight excluding hydrogens is 234 g/mol. The first kappa shape index (κ1) is 14.2. The van der Waals surface area contributed by atoms with Crippen LogP contribution in [0, 0.1) is 13.8 Å². The van der Waals surface area contributed by atoms with E-state index in [9.17, 15) is 0 Å². The summed E-state index contributed by atoms with van der Waals surface area (Å²) in [6, 6.07) is 0. The van der Waals surface area contributed by atoms with Gasteiger partial charge in [0.05, 0.1) is 0 Å². The zero-order chi connectivity index (χ0) is 13.1. The van der Waals surface area contributed by atoms with Crippen molar-refractivity contribution in [3.8, 4) is 0 Å². The van der Waals surface area contributed by atoms with E-state index in [-0.39, 0.29) is 5.54 Å². The number of aryl methyl sites for hydroxylation is 1. The van der Waals surface area contributed by atoms with Crippen LogP contribution < -0.4 is 5.32 Å². The first-order valence-electron chi connectivity index (χ1n) is 6.27. The fourth-order valence-corrected chi connectivity index (χ4v) is 2.19. The molecule has 0 radical (unpaired) electrons. The van der Waals surface area contributed by atoms with Gasteiger partial charge in [-0.25, -0.2) is 9.97 Å². The Hall–Kier alpha value is -0.830. The van der Waals surface area contributed by atoms with Crippen molar-refractivity contribution >= 4 is 17.4 Å². The summed E-state index contributed by atoms with van der Waals surface area (Å²) in [5.74, 6) is 1.58. The average Bonchev–Trinajstić information content (AvgIpc) is 2.32. The van der Waals surface area contributed by atoms with Crippen LogP contribution in [-0.2, 0) is 0 Å². The van der Waals surface area contributed by atoms with Crippen molar-refractivity contribution in [1.29, 1.82) is 0 Å². The molecule has 0 aliphatic heterocycles. The average molecular weight is 256 g/mol. The van der Waals surface area contributed by atoms with E-state index < -0.39 is 0 Å². The van der Waals surface area contributed by atoms with Crippen molar-refractivity contribution in [2.75, 3.05) is 5.32 Å². The quantitative estimate of drug-likeness (QED) is 0.804. The maximum Gasteiger partial charge on any atom is 0.137 e. The molecule has 1 heterocycles. The molecule has 0 aliphatic rings. The lowest BCUT2D eigenvalue weighted by Gasteiger charge is -2.33.